The Morgan fingerprint density at radius 3 is 2.52 bits per heavy atom. The van der Waals surface area contributed by atoms with Crippen molar-refractivity contribution in [1.29, 1.82) is 0 Å². The molecule has 1 saturated carbocycles. The molecule has 0 aromatic heterocycles. The van der Waals surface area contributed by atoms with Crippen LogP contribution >= 0.6 is 0 Å². The molecule has 0 heterocycles. The largest absolute Gasteiger partial charge is 0.464 e. The number of carbonyl (C=O) groups is 2. The summed E-state index contributed by atoms with van der Waals surface area (Å²) >= 11 is 0. The van der Waals surface area contributed by atoms with Crippen LogP contribution in [0.25, 0.3) is 0 Å². The van der Waals surface area contributed by atoms with Gasteiger partial charge in [0.2, 0.25) is 0 Å². The van der Waals surface area contributed by atoms with Crippen molar-refractivity contribution in [3.8, 4) is 0 Å². The zero-order chi connectivity index (χ0) is 17.9. The molecule has 1 aliphatic rings. The van der Waals surface area contributed by atoms with Gasteiger partial charge in [0.05, 0.1) is 6.61 Å². The number of alkyl carbamates (subject to hydrolysis) is 1. The van der Waals surface area contributed by atoms with Gasteiger partial charge in [0.25, 0.3) is 0 Å². The minimum absolute atomic E-state index is 0.132. The van der Waals surface area contributed by atoms with Gasteiger partial charge in [-0.1, -0.05) is 62.9 Å². The van der Waals surface area contributed by atoms with E-state index in [4.69, 9.17) is 9.47 Å². The third-order valence-electron chi connectivity index (χ3n) is 4.60. The van der Waals surface area contributed by atoms with Crippen molar-refractivity contribution in [3.05, 3.63) is 35.9 Å². The molecule has 1 aromatic rings. The molecule has 1 amide bonds. The highest BCUT2D eigenvalue weighted by molar-refractivity contribution is 5.81. The molecule has 0 saturated heterocycles. The van der Waals surface area contributed by atoms with Crippen LogP contribution in [-0.4, -0.2) is 24.7 Å². The molecule has 1 atom stereocenters. The average molecular weight is 347 g/mol. The molecule has 0 spiro atoms. The van der Waals surface area contributed by atoms with E-state index in [1.54, 1.807) is 0 Å². The lowest BCUT2D eigenvalue weighted by atomic mass is 9.84. The Morgan fingerprint density at radius 1 is 1.12 bits per heavy atom. The Balaban J connectivity index is 1.89. The molecular weight excluding hydrogens is 318 g/mol. The third kappa shape index (κ3) is 6.77. The SMILES string of the molecule is CCCCOC(=O)C(NC(=O)OCc1ccccc1)C1CCCCC1. The van der Waals surface area contributed by atoms with E-state index in [-0.39, 0.29) is 18.5 Å². The molecule has 5 nitrogen and oxygen atoms in total. The molecule has 2 rings (SSSR count). The van der Waals surface area contributed by atoms with E-state index in [0.29, 0.717) is 6.61 Å². The van der Waals surface area contributed by atoms with Crippen LogP contribution in [0, 0.1) is 5.92 Å². The zero-order valence-electron chi connectivity index (χ0n) is 15.0. The van der Waals surface area contributed by atoms with Gasteiger partial charge in [0.15, 0.2) is 0 Å². The number of carbonyl (C=O) groups excluding carboxylic acids is 2. The van der Waals surface area contributed by atoms with Gasteiger partial charge in [0, 0.05) is 0 Å². The highest BCUT2D eigenvalue weighted by Crippen LogP contribution is 2.27. The molecular formula is C20H29NO4. The maximum Gasteiger partial charge on any atom is 0.408 e. The maximum atomic E-state index is 12.4. The maximum absolute atomic E-state index is 12.4. The summed E-state index contributed by atoms with van der Waals surface area (Å²) in [5.41, 5.74) is 0.914. The number of hydrogen-bond acceptors (Lipinski definition) is 4. The molecule has 1 aromatic carbocycles. The Kier molecular flexibility index (Phi) is 8.29. The van der Waals surface area contributed by atoms with Crippen LogP contribution in [0.3, 0.4) is 0 Å². The number of benzene rings is 1. The normalized spacial score (nSPS) is 16.0. The Morgan fingerprint density at radius 2 is 1.84 bits per heavy atom. The molecule has 5 heteroatoms. The van der Waals surface area contributed by atoms with Crippen molar-refractivity contribution >= 4 is 12.1 Å². The van der Waals surface area contributed by atoms with Crippen molar-refractivity contribution in [1.82, 2.24) is 5.32 Å². The highest BCUT2D eigenvalue weighted by Gasteiger charge is 2.32. The van der Waals surface area contributed by atoms with Crippen LogP contribution < -0.4 is 5.32 Å². The molecule has 0 radical (unpaired) electrons. The zero-order valence-corrected chi connectivity index (χ0v) is 15.0. The molecule has 1 N–H and O–H groups in total. The highest BCUT2D eigenvalue weighted by atomic mass is 16.6. The van der Waals surface area contributed by atoms with E-state index in [0.717, 1.165) is 44.1 Å². The van der Waals surface area contributed by atoms with Crippen LogP contribution in [-0.2, 0) is 20.9 Å². The van der Waals surface area contributed by atoms with Crippen LogP contribution in [0.1, 0.15) is 57.4 Å². The van der Waals surface area contributed by atoms with Crippen molar-refractivity contribution < 1.29 is 19.1 Å². The second-order valence-corrected chi connectivity index (χ2v) is 6.60. The summed E-state index contributed by atoms with van der Waals surface area (Å²) in [6.07, 6.45) is 6.47. The number of rotatable bonds is 8. The van der Waals surface area contributed by atoms with Crippen LogP contribution in [0.15, 0.2) is 30.3 Å². The molecule has 1 fully saturated rings. The lowest BCUT2D eigenvalue weighted by Gasteiger charge is -2.29. The van der Waals surface area contributed by atoms with Gasteiger partial charge in [-0.3, -0.25) is 0 Å². The molecule has 138 valence electrons. The fourth-order valence-corrected chi connectivity index (χ4v) is 3.14. The Hall–Kier alpha value is -2.04. The Labute approximate surface area is 150 Å². The quantitative estimate of drug-likeness (QED) is 0.565. The van der Waals surface area contributed by atoms with Crippen molar-refractivity contribution in [2.75, 3.05) is 6.61 Å². The van der Waals surface area contributed by atoms with E-state index in [1.807, 2.05) is 37.3 Å². The number of ether oxygens (including phenoxy) is 2. The first-order valence-electron chi connectivity index (χ1n) is 9.34. The van der Waals surface area contributed by atoms with Gasteiger partial charge >= 0.3 is 12.1 Å². The molecule has 0 bridgehead atoms. The van der Waals surface area contributed by atoms with E-state index >= 15 is 0 Å². The Bertz CT molecular complexity index is 526. The van der Waals surface area contributed by atoms with Crippen LogP contribution in [0.4, 0.5) is 4.79 Å². The number of esters is 1. The topological polar surface area (TPSA) is 64.6 Å². The molecule has 0 aliphatic heterocycles. The fraction of sp³-hybridized carbons (Fsp3) is 0.600. The van der Waals surface area contributed by atoms with E-state index in [2.05, 4.69) is 5.32 Å². The third-order valence-corrected chi connectivity index (χ3v) is 4.60. The van der Waals surface area contributed by atoms with Gasteiger partial charge in [0.1, 0.15) is 12.6 Å². The summed E-state index contributed by atoms with van der Waals surface area (Å²) in [6, 6.07) is 8.88. The minimum atomic E-state index is -0.611. The summed E-state index contributed by atoms with van der Waals surface area (Å²) in [5, 5.41) is 2.75. The summed E-state index contributed by atoms with van der Waals surface area (Å²) in [5.74, 6) is -0.204. The predicted molar refractivity (Wildman–Crippen MR) is 96.0 cm³/mol. The van der Waals surface area contributed by atoms with Gasteiger partial charge in [-0.2, -0.15) is 0 Å². The summed E-state index contributed by atoms with van der Waals surface area (Å²) < 4.78 is 10.6. The monoisotopic (exact) mass is 347 g/mol. The lowest BCUT2D eigenvalue weighted by Crippen LogP contribution is -2.47. The first-order chi connectivity index (χ1) is 12.2. The first-order valence-corrected chi connectivity index (χ1v) is 9.34. The number of amides is 1. The van der Waals surface area contributed by atoms with Crippen molar-refractivity contribution in [2.24, 2.45) is 5.92 Å². The summed E-state index contributed by atoms with van der Waals surface area (Å²) in [6.45, 7) is 2.64. The van der Waals surface area contributed by atoms with Gasteiger partial charge in [-0.25, -0.2) is 9.59 Å². The molecule has 1 unspecified atom stereocenters. The van der Waals surface area contributed by atoms with E-state index < -0.39 is 12.1 Å². The second-order valence-electron chi connectivity index (χ2n) is 6.60. The van der Waals surface area contributed by atoms with Crippen molar-refractivity contribution in [2.45, 2.75) is 64.5 Å². The molecule has 1 aliphatic carbocycles. The number of hydrogen-bond donors (Lipinski definition) is 1. The van der Waals surface area contributed by atoms with Crippen LogP contribution in [0.2, 0.25) is 0 Å². The minimum Gasteiger partial charge on any atom is -0.464 e. The number of unbranched alkanes of at least 4 members (excludes halogenated alkanes) is 1. The van der Waals surface area contributed by atoms with Crippen LogP contribution in [0.5, 0.6) is 0 Å². The van der Waals surface area contributed by atoms with Gasteiger partial charge in [-0.05, 0) is 30.7 Å². The summed E-state index contributed by atoms with van der Waals surface area (Å²) in [7, 11) is 0. The second kappa shape index (κ2) is 10.7. The first kappa shape index (κ1) is 19.3. The smallest absolute Gasteiger partial charge is 0.408 e. The summed E-state index contributed by atoms with van der Waals surface area (Å²) in [4.78, 5) is 24.6. The number of nitrogens with one attached hydrogen (secondary N) is 1. The molecule has 25 heavy (non-hydrogen) atoms. The lowest BCUT2D eigenvalue weighted by molar-refractivity contribution is -0.148. The fourth-order valence-electron chi connectivity index (χ4n) is 3.14. The predicted octanol–water partition coefficient (Wildman–Crippen LogP) is 4.21. The average Bonchev–Trinajstić information content (AvgIpc) is 2.66. The van der Waals surface area contributed by atoms with E-state index in [9.17, 15) is 9.59 Å². The standard InChI is InChI=1S/C20H29NO4/c1-2-3-14-24-19(22)18(17-12-8-5-9-13-17)21-20(23)25-15-16-10-6-4-7-11-16/h4,6-7,10-11,17-18H,2-3,5,8-9,12-15H2,1H3,(H,21,23). The van der Waals surface area contributed by atoms with Gasteiger partial charge in [-0.15, -0.1) is 0 Å². The van der Waals surface area contributed by atoms with E-state index in [1.165, 1.54) is 6.42 Å². The van der Waals surface area contributed by atoms with Gasteiger partial charge < -0.3 is 14.8 Å². The van der Waals surface area contributed by atoms with Crippen molar-refractivity contribution in [3.63, 3.8) is 0 Å².